The van der Waals surface area contributed by atoms with E-state index in [4.69, 9.17) is 0 Å². The molecule has 0 aliphatic heterocycles. The molecule has 0 aromatic carbocycles. The number of carbonyl (C=O) groups is 1. The first-order chi connectivity index (χ1) is 7.90. The molecule has 0 saturated heterocycles. The third-order valence-corrected chi connectivity index (χ3v) is 2.71. The topological polar surface area (TPSA) is 26.3 Å². The van der Waals surface area contributed by atoms with Crippen molar-refractivity contribution < 1.29 is 35.9 Å². The van der Waals surface area contributed by atoms with E-state index in [1.165, 1.54) is 13.8 Å². The Kier molecular flexibility index (Phi) is 5.07. The second kappa shape index (κ2) is 5.36. The lowest BCUT2D eigenvalue weighted by Crippen LogP contribution is -2.57. The highest BCUT2D eigenvalue weighted by Gasteiger charge is 2.71. The molecule has 0 aromatic heterocycles. The van der Waals surface area contributed by atoms with Crippen LogP contribution in [0, 0.1) is 5.92 Å². The molecule has 0 aliphatic rings. The quantitative estimate of drug-likeness (QED) is 0.577. The van der Waals surface area contributed by atoms with Crippen LogP contribution in [0.15, 0.2) is 0 Å². The van der Waals surface area contributed by atoms with Gasteiger partial charge in [-0.3, -0.25) is 4.79 Å². The number of alkyl halides is 6. The summed E-state index contributed by atoms with van der Waals surface area (Å²) in [7, 11) is 0. The van der Waals surface area contributed by atoms with Crippen molar-refractivity contribution in [1.82, 2.24) is 0 Å². The Hall–Kier alpha value is -0.950. The fourth-order valence-corrected chi connectivity index (χ4v) is 1.18. The van der Waals surface area contributed by atoms with Gasteiger partial charge in [0.1, 0.15) is 0 Å². The molecule has 2 nitrogen and oxygen atoms in total. The number of halogens is 6. The standard InChI is InChI=1S/C10H14F6O2/c1-4-6(5-2)7(17)18-8(3,9(11,12)13)10(14,15)16/h6H,4-5H2,1-3H3. The molecule has 0 rings (SSSR count). The summed E-state index contributed by atoms with van der Waals surface area (Å²) in [4.78, 5) is 11.3. The molecule has 0 spiro atoms. The summed E-state index contributed by atoms with van der Waals surface area (Å²) < 4.78 is 78.3. The van der Waals surface area contributed by atoms with E-state index >= 15 is 0 Å². The van der Waals surface area contributed by atoms with Gasteiger partial charge in [0.05, 0.1) is 5.92 Å². The third kappa shape index (κ3) is 3.29. The average molecular weight is 280 g/mol. The van der Waals surface area contributed by atoms with Crippen LogP contribution in [0.25, 0.3) is 0 Å². The van der Waals surface area contributed by atoms with E-state index < -0.39 is 29.8 Å². The van der Waals surface area contributed by atoms with E-state index in [2.05, 4.69) is 4.74 Å². The van der Waals surface area contributed by atoms with Crippen molar-refractivity contribution in [2.75, 3.05) is 0 Å². The Labute approximate surface area is 100 Å². The molecule has 0 fully saturated rings. The molecule has 0 heterocycles. The Bertz CT molecular complexity index is 276. The van der Waals surface area contributed by atoms with Gasteiger partial charge in [0, 0.05) is 0 Å². The molecular formula is C10H14F6O2. The monoisotopic (exact) mass is 280 g/mol. The Morgan fingerprint density at radius 3 is 1.56 bits per heavy atom. The molecule has 8 heteroatoms. The van der Waals surface area contributed by atoms with Crippen LogP contribution in [0.2, 0.25) is 0 Å². The Morgan fingerprint density at radius 2 is 1.33 bits per heavy atom. The summed E-state index contributed by atoms with van der Waals surface area (Å²) in [6.45, 7) is 2.77. The first-order valence-electron chi connectivity index (χ1n) is 5.27. The summed E-state index contributed by atoms with van der Waals surface area (Å²) in [6.07, 6.45) is -11.2. The molecule has 0 amide bonds. The number of ether oxygens (including phenoxy) is 1. The van der Waals surface area contributed by atoms with Crippen LogP contribution in [0.1, 0.15) is 33.6 Å². The normalized spacial score (nSPS) is 13.9. The van der Waals surface area contributed by atoms with Crippen LogP contribution >= 0.6 is 0 Å². The lowest BCUT2D eigenvalue weighted by Gasteiger charge is -2.34. The SMILES string of the molecule is CCC(CC)C(=O)OC(C)(C(F)(F)F)C(F)(F)F. The summed E-state index contributed by atoms with van der Waals surface area (Å²) in [6, 6.07) is 0. The lowest BCUT2D eigenvalue weighted by atomic mass is 10.0. The number of rotatable bonds is 4. The molecule has 0 unspecified atom stereocenters. The van der Waals surface area contributed by atoms with Crippen LogP contribution in [0.4, 0.5) is 26.3 Å². The van der Waals surface area contributed by atoms with Gasteiger partial charge in [-0.2, -0.15) is 26.3 Å². The predicted octanol–water partition coefficient (Wildman–Crippen LogP) is 3.85. The highest BCUT2D eigenvalue weighted by Crippen LogP contribution is 2.46. The van der Waals surface area contributed by atoms with Gasteiger partial charge in [0.2, 0.25) is 0 Å². The smallest absolute Gasteiger partial charge is 0.437 e. The first-order valence-corrected chi connectivity index (χ1v) is 5.27. The lowest BCUT2D eigenvalue weighted by molar-refractivity contribution is -0.363. The van der Waals surface area contributed by atoms with E-state index in [-0.39, 0.29) is 19.8 Å². The van der Waals surface area contributed by atoms with Crippen molar-refractivity contribution >= 4 is 5.97 Å². The zero-order valence-corrected chi connectivity index (χ0v) is 10.1. The minimum atomic E-state index is -5.72. The van der Waals surface area contributed by atoms with Gasteiger partial charge >= 0.3 is 18.3 Å². The second-order valence-electron chi connectivity index (χ2n) is 3.96. The van der Waals surface area contributed by atoms with Crippen molar-refractivity contribution in [1.29, 1.82) is 0 Å². The fraction of sp³-hybridized carbons (Fsp3) is 0.900. The minimum Gasteiger partial charge on any atom is -0.439 e. The molecule has 108 valence electrons. The first kappa shape index (κ1) is 17.1. The van der Waals surface area contributed by atoms with Crippen molar-refractivity contribution in [3.05, 3.63) is 0 Å². The molecular weight excluding hydrogens is 266 g/mol. The van der Waals surface area contributed by atoms with Gasteiger partial charge in [0.25, 0.3) is 5.60 Å². The number of hydrogen-bond donors (Lipinski definition) is 0. The summed E-state index contributed by atoms with van der Waals surface area (Å²) >= 11 is 0. The molecule has 0 N–H and O–H groups in total. The van der Waals surface area contributed by atoms with Gasteiger partial charge in [-0.15, -0.1) is 0 Å². The Morgan fingerprint density at radius 1 is 1.00 bits per heavy atom. The zero-order valence-electron chi connectivity index (χ0n) is 10.1. The molecule has 0 radical (unpaired) electrons. The van der Waals surface area contributed by atoms with Crippen LogP contribution in [0.5, 0.6) is 0 Å². The minimum absolute atomic E-state index is 0.112. The second-order valence-corrected chi connectivity index (χ2v) is 3.96. The molecule has 18 heavy (non-hydrogen) atoms. The van der Waals surface area contributed by atoms with Crippen molar-refractivity contribution in [2.45, 2.75) is 51.6 Å². The highest BCUT2D eigenvalue weighted by molar-refractivity contribution is 5.73. The van der Waals surface area contributed by atoms with Gasteiger partial charge in [-0.25, -0.2) is 0 Å². The van der Waals surface area contributed by atoms with E-state index in [0.717, 1.165) is 0 Å². The van der Waals surface area contributed by atoms with Crippen molar-refractivity contribution in [3.63, 3.8) is 0 Å². The fourth-order valence-electron chi connectivity index (χ4n) is 1.18. The average Bonchev–Trinajstić information content (AvgIpc) is 2.15. The number of esters is 1. The van der Waals surface area contributed by atoms with E-state index in [9.17, 15) is 31.1 Å². The zero-order chi connectivity index (χ0) is 14.8. The van der Waals surface area contributed by atoms with Gasteiger partial charge in [-0.05, 0) is 19.8 Å². The van der Waals surface area contributed by atoms with E-state index in [0.29, 0.717) is 0 Å². The highest BCUT2D eigenvalue weighted by atomic mass is 19.4. The molecule has 0 aliphatic carbocycles. The van der Waals surface area contributed by atoms with E-state index in [1.54, 1.807) is 0 Å². The largest absolute Gasteiger partial charge is 0.439 e. The van der Waals surface area contributed by atoms with E-state index in [1.807, 2.05) is 0 Å². The predicted molar refractivity (Wildman–Crippen MR) is 50.7 cm³/mol. The molecule has 0 bridgehead atoms. The van der Waals surface area contributed by atoms with Crippen molar-refractivity contribution in [3.8, 4) is 0 Å². The maximum atomic E-state index is 12.4. The van der Waals surface area contributed by atoms with Crippen molar-refractivity contribution in [2.24, 2.45) is 5.92 Å². The van der Waals surface area contributed by atoms with Crippen LogP contribution in [0.3, 0.4) is 0 Å². The third-order valence-electron chi connectivity index (χ3n) is 2.71. The van der Waals surface area contributed by atoms with Crippen LogP contribution < -0.4 is 0 Å². The summed E-state index contributed by atoms with van der Waals surface area (Å²) in [5.41, 5.74) is -4.47. The molecule has 0 aromatic rings. The molecule has 0 atom stereocenters. The van der Waals surface area contributed by atoms with Gasteiger partial charge in [-0.1, -0.05) is 13.8 Å². The molecule has 0 saturated carbocycles. The van der Waals surface area contributed by atoms with Gasteiger partial charge in [0.15, 0.2) is 0 Å². The van der Waals surface area contributed by atoms with Crippen LogP contribution in [-0.2, 0) is 9.53 Å². The Balaban J connectivity index is 5.24. The summed E-state index contributed by atoms with van der Waals surface area (Å²) in [5.74, 6) is -2.47. The number of hydrogen-bond acceptors (Lipinski definition) is 2. The van der Waals surface area contributed by atoms with Gasteiger partial charge < -0.3 is 4.74 Å². The maximum absolute atomic E-state index is 12.4. The summed E-state index contributed by atoms with van der Waals surface area (Å²) in [5, 5.41) is 0. The maximum Gasteiger partial charge on any atom is 0.437 e. The van der Waals surface area contributed by atoms with Crippen LogP contribution in [-0.4, -0.2) is 23.9 Å². The number of carbonyl (C=O) groups excluding carboxylic acids is 1.